The van der Waals surface area contributed by atoms with Gasteiger partial charge in [-0.05, 0) is 36.8 Å². The number of nitrogens with zero attached hydrogens (tertiary/aromatic N) is 1. The molecule has 5 nitrogen and oxygen atoms in total. The molecular weight excluding hydrogens is 348 g/mol. The summed E-state index contributed by atoms with van der Waals surface area (Å²) in [5.74, 6) is 0.931. The first-order chi connectivity index (χ1) is 12.5. The second-order valence-electron chi connectivity index (χ2n) is 5.99. The molecular formula is C20H24N2O3S. The molecule has 2 amide bonds. The van der Waals surface area contributed by atoms with Crippen LogP contribution in [0.4, 0.5) is 0 Å². The van der Waals surface area contributed by atoms with Crippen LogP contribution in [0.15, 0.2) is 53.4 Å². The lowest BCUT2D eigenvalue weighted by Gasteiger charge is -2.12. The van der Waals surface area contributed by atoms with Crippen molar-refractivity contribution in [3.05, 3.63) is 59.7 Å². The second-order valence-corrected chi connectivity index (χ2v) is 7.01. The summed E-state index contributed by atoms with van der Waals surface area (Å²) in [5.41, 5.74) is 1.70. The maximum absolute atomic E-state index is 12.4. The minimum atomic E-state index is -0.168. The molecule has 0 aromatic heterocycles. The number of rotatable bonds is 8. The summed E-state index contributed by atoms with van der Waals surface area (Å²) in [4.78, 5) is 26.5. The number of aryl methyl sites for hydroxylation is 1. The number of hydrogen-bond donors (Lipinski definition) is 1. The van der Waals surface area contributed by atoms with Crippen molar-refractivity contribution in [2.45, 2.75) is 11.8 Å². The first-order valence-corrected chi connectivity index (χ1v) is 9.35. The smallest absolute Gasteiger partial charge is 0.252 e. The van der Waals surface area contributed by atoms with E-state index in [-0.39, 0.29) is 11.8 Å². The summed E-state index contributed by atoms with van der Waals surface area (Å²) < 4.78 is 5.64. The van der Waals surface area contributed by atoms with Crippen molar-refractivity contribution >= 4 is 23.6 Å². The Labute approximate surface area is 158 Å². The highest BCUT2D eigenvalue weighted by molar-refractivity contribution is 8.00. The van der Waals surface area contributed by atoms with E-state index in [1.165, 1.54) is 16.7 Å². The van der Waals surface area contributed by atoms with Crippen LogP contribution in [0.25, 0.3) is 0 Å². The van der Waals surface area contributed by atoms with Crippen molar-refractivity contribution in [2.75, 3.05) is 33.0 Å². The normalized spacial score (nSPS) is 10.3. The molecule has 0 unspecified atom stereocenters. The topological polar surface area (TPSA) is 58.6 Å². The summed E-state index contributed by atoms with van der Waals surface area (Å²) in [7, 11) is 3.44. The quantitative estimate of drug-likeness (QED) is 0.572. The SMILES string of the molecule is Cc1cccc(OCCNC(=O)c2ccccc2SCC(=O)N(C)C)c1. The predicted octanol–water partition coefficient (Wildman–Crippen LogP) is 2.98. The number of carbonyl (C=O) groups excluding carboxylic acids is 2. The van der Waals surface area contributed by atoms with Gasteiger partial charge in [0.25, 0.3) is 5.91 Å². The Morgan fingerprint density at radius 2 is 1.88 bits per heavy atom. The molecule has 0 aliphatic carbocycles. The summed E-state index contributed by atoms with van der Waals surface area (Å²) in [6.07, 6.45) is 0. The average molecular weight is 372 g/mol. The summed E-state index contributed by atoms with van der Waals surface area (Å²) >= 11 is 1.37. The molecule has 0 aliphatic heterocycles. The van der Waals surface area contributed by atoms with E-state index in [9.17, 15) is 9.59 Å². The van der Waals surface area contributed by atoms with Gasteiger partial charge in [0, 0.05) is 19.0 Å². The van der Waals surface area contributed by atoms with Crippen molar-refractivity contribution in [2.24, 2.45) is 0 Å². The van der Waals surface area contributed by atoms with Crippen LogP contribution in [0.1, 0.15) is 15.9 Å². The molecule has 0 saturated carbocycles. The van der Waals surface area contributed by atoms with Gasteiger partial charge in [-0.3, -0.25) is 9.59 Å². The van der Waals surface area contributed by atoms with Gasteiger partial charge in [-0.1, -0.05) is 24.3 Å². The molecule has 0 spiro atoms. The Hall–Kier alpha value is -2.47. The van der Waals surface area contributed by atoms with Crippen LogP contribution in [0.2, 0.25) is 0 Å². The van der Waals surface area contributed by atoms with Gasteiger partial charge in [0.1, 0.15) is 12.4 Å². The fraction of sp³-hybridized carbons (Fsp3) is 0.300. The standard InChI is InChI=1S/C20H24N2O3S/c1-15-7-6-8-16(13-15)25-12-11-21-20(24)17-9-4-5-10-18(17)26-14-19(23)22(2)3/h4-10,13H,11-12,14H2,1-3H3,(H,21,24). The Kier molecular flexibility index (Phi) is 7.53. The Morgan fingerprint density at radius 1 is 1.12 bits per heavy atom. The number of carbonyl (C=O) groups is 2. The summed E-state index contributed by atoms with van der Waals surface area (Å²) in [6, 6.07) is 15.1. The van der Waals surface area contributed by atoms with Crippen molar-refractivity contribution in [1.82, 2.24) is 10.2 Å². The van der Waals surface area contributed by atoms with Gasteiger partial charge in [-0.2, -0.15) is 0 Å². The first-order valence-electron chi connectivity index (χ1n) is 8.37. The molecule has 6 heteroatoms. The molecule has 0 atom stereocenters. The van der Waals surface area contributed by atoms with Gasteiger partial charge in [0.2, 0.25) is 5.91 Å². The van der Waals surface area contributed by atoms with E-state index in [1.807, 2.05) is 49.4 Å². The molecule has 0 aliphatic rings. The highest BCUT2D eigenvalue weighted by Gasteiger charge is 2.13. The lowest BCUT2D eigenvalue weighted by molar-refractivity contribution is -0.125. The molecule has 0 heterocycles. The van der Waals surface area contributed by atoms with E-state index >= 15 is 0 Å². The Balaban J connectivity index is 1.86. The van der Waals surface area contributed by atoms with E-state index in [4.69, 9.17) is 4.74 Å². The molecule has 0 fully saturated rings. The third-order valence-corrected chi connectivity index (χ3v) is 4.69. The first kappa shape index (κ1) is 19.8. The van der Waals surface area contributed by atoms with Gasteiger partial charge >= 0.3 is 0 Å². The number of thioether (sulfide) groups is 1. The minimum absolute atomic E-state index is 0.0109. The van der Waals surface area contributed by atoms with E-state index in [2.05, 4.69) is 5.32 Å². The van der Waals surface area contributed by atoms with Crippen molar-refractivity contribution in [3.8, 4) is 5.75 Å². The third kappa shape index (κ3) is 6.11. The van der Waals surface area contributed by atoms with Crippen molar-refractivity contribution in [3.63, 3.8) is 0 Å². The number of hydrogen-bond acceptors (Lipinski definition) is 4. The van der Waals surface area contributed by atoms with Crippen LogP contribution < -0.4 is 10.1 Å². The highest BCUT2D eigenvalue weighted by atomic mass is 32.2. The summed E-state index contributed by atoms with van der Waals surface area (Å²) in [5, 5.41) is 2.86. The zero-order chi connectivity index (χ0) is 18.9. The number of amides is 2. The summed E-state index contributed by atoms with van der Waals surface area (Å²) in [6.45, 7) is 2.80. The van der Waals surface area contributed by atoms with E-state index in [0.717, 1.165) is 16.2 Å². The molecule has 2 rings (SSSR count). The second kappa shape index (κ2) is 9.87. The number of ether oxygens (including phenoxy) is 1. The van der Waals surface area contributed by atoms with Crippen LogP contribution in [0.3, 0.4) is 0 Å². The van der Waals surface area contributed by atoms with Crippen molar-refractivity contribution in [1.29, 1.82) is 0 Å². The molecule has 26 heavy (non-hydrogen) atoms. The van der Waals surface area contributed by atoms with Crippen LogP contribution in [-0.2, 0) is 4.79 Å². The largest absolute Gasteiger partial charge is 0.492 e. The van der Waals surface area contributed by atoms with Gasteiger partial charge in [-0.15, -0.1) is 11.8 Å². The maximum Gasteiger partial charge on any atom is 0.252 e. The average Bonchev–Trinajstić information content (AvgIpc) is 2.63. The van der Waals surface area contributed by atoms with E-state index < -0.39 is 0 Å². The fourth-order valence-electron chi connectivity index (χ4n) is 2.18. The van der Waals surface area contributed by atoms with Crippen LogP contribution in [0, 0.1) is 6.92 Å². The predicted molar refractivity (Wildman–Crippen MR) is 105 cm³/mol. The van der Waals surface area contributed by atoms with Crippen LogP contribution in [0.5, 0.6) is 5.75 Å². The van der Waals surface area contributed by atoms with E-state index in [0.29, 0.717) is 24.5 Å². The molecule has 1 N–H and O–H groups in total. The van der Waals surface area contributed by atoms with Gasteiger partial charge < -0.3 is 15.0 Å². The number of benzene rings is 2. The molecule has 0 saturated heterocycles. The van der Waals surface area contributed by atoms with Gasteiger partial charge in [0.15, 0.2) is 0 Å². The minimum Gasteiger partial charge on any atom is -0.492 e. The van der Waals surface area contributed by atoms with Gasteiger partial charge in [0.05, 0.1) is 17.9 Å². The van der Waals surface area contributed by atoms with E-state index in [1.54, 1.807) is 20.2 Å². The Morgan fingerprint density at radius 3 is 2.62 bits per heavy atom. The molecule has 138 valence electrons. The zero-order valence-corrected chi connectivity index (χ0v) is 16.1. The fourth-order valence-corrected chi connectivity index (χ4v) is 3.21. The van der Waals surface area contributed by atoms with Crippen LogP contribution in [-0.4, -0.2) is 49.7 Å². The molecule has 2 aromatic rings. The number of nitrogens with one attached hydrogen (secondary N) is 1. The third-order valence-electron chi connectivity index (χ3n) is 3.63. The molecule has 0 bridgehead atoms. The maximum atomic E-state index is 12.4. The van der Waals surface area contributed by atoms with Crippen molar-refractivity contribution < 1.29 is 14.3 Å². The molecule has 0 radical (unpaired) electrons. The monoisotopic (exact) mass is 372 g/mol. The lowest BCUT2D eigenvalue weighted by Crippen LogP contribution is -2.28. The lowest BCUT2D eigenvalue weighted by atomic mass is 10.2. The van der Waals surface area contributed by atoms with Crippen LogP contribution >= 0.6 is 11.8 Å². The van der Waals surface area contributed by atoms with Gasteiger partial charge in [-0.25, -0.2) is 0 Å². The highest BCUT2D eigenvalue weighted by Crippen LogP contribution is 2.22. The molecule has 2 aromatic carbocycles. The Bertz CT molecular complexity index is 762. The zero-order valence-electron chi connectivity index (χ0n) is 15.3.